The molecular formula is C21H21ClN4O. The fraction of sp³-hybridized carbons (Fsp3) is 0.238. The van der Waals surface area contributed by atoms with Gasteiger partial charge in [0.15, 0.2) is 0 Å². The highest BCUT2D eigenvalue weighted by molar-refractivity contribution is 6.32. The smallest absolute Gasteiger partial charge is 0.137 e. The maximum absolute atomic E-state index is 9.26. The zero-order valence-corrected chi connectivity index (χ0v) is 16.3. The topological polar surface area (TPSA) is 61.2 Å². The van der Waals surface area contributed by atoms with Gasteiger partial charge in [-0.2, -0.15) is 5.26 Å². The van der Waals surface area contributed by atoms with Gasteiger partial charge in [0.2, 0.25) is 0 Å². The number of methoxy groups -OCH3 is 1. The summed E-state index contributed by atoms with van der Waals surface area (Å²) in [5.41, 5.74) is 4.56. The van der Waals surface area contributed by atoms with Crippen molar-refractivity contribution in [1.82, 2.24) is 9.88 Å². The number of aromatic nitrogens is 1. The van der Waals surface area contributed by atoms with Crippen LogP contribution < -0.4 is 10.1 Å². The van der Waals surface area contributed by atoms with Crippen molar-refractivity contribution in [2.75, 3.05) is 26.5 Å². The van der Waals surface area contributed by atoms with E-state index in [9.17, 15) is 5.26 Å². The number of fused-ring (bicyclic) bond motifs is 1. The minimum atomic E-state index is 0.580. The number of hydrogen-bond acceptors (Lipinski definition) is 5. The second-order valence-corrected chi connectivity index (χ2v) is 6.97. The molecule has 2 aromatic carbocycles. The molecule has 0 unspecified atom stereocenters. The van der Waals surface area contributed by atoms with Crippen molar-refractivity contribution in [3.63, 3.8) is 0 Å². The van der Waals surface area contributed by atoms with Gasteiger partial charge in [-0.25, -0.2) is 0 Å². The molecule has 0 aliphatic rings. The molecule has 3 aromatic rings. The number of pyridine rings is 1. The Labute approximate surface area is 164 Å². The van der Waals surface area contributed by atoms with Gasteiger partial charge in [-0.1, -0.05) is 17.7 Å². The van der Waals surface area contributed by atoms with Gasteiger partial charge in [-0.15, -0.1) is 0 Å². The van der Waals surface area contributed by atoms with E-state index >= 15 is 0 Å². The zero-order valence-electron chi connectivity index (χ0n) is 15.6. The number of benzene rings is 2. The fourth-order valence-corrected chi connectivity index (χ4v) is 3.26. The summed E-state index contributed by atoms with van der Waals surface area (Å²) in [5.74, 6) is 0.654. The van der Waals surface area contributed by atoms with Crippen LogP contribution in [0.3, 0.4) is 0 Å². The van der Waals surface area contributed by atoms with E-state index in [2.05, 4.69) is 21.3 Å². The lowest BCUT2D eigenvalue weighted by molar-refractivity contribution is 0.402. The quantitative estimate of drug-likeness (QED) is 0.684. The summed E-state index contributed by atoms with van der Waals surface area (Å²) in [6.07, 6.45) is 1.89. The first-order valence-electron chi connectivity index (χ1n) is 8.54. The molecule has 0 fully saturated rings. The minimum absolute atomic E-state index is 0.580. The first-order valence-corrected chi connectivity index (χ1v) is 8.92. The number of halogens is 1. The first-order chi connectivity index (χ1) is 13.0. The van der Waals surface area contributed by atoms with Gasteiger partial charge in [-0.3, -0.25) is 4.98 Å². The number of anilines is 1. The van der Waals surface area contributed by atoms with Crippen molar-refractivity contribution in [3.8, 4) is 11.8 Å². The summed E-state index contributed by atoms with van der Waals surface area (Å²) in [6.45, 7) is 1.34. The van der Waals surface area contributed by atoms with Gasteiger partial charge in [0.05, 0.1) is 29.3 Å². The number of rotatable bonds is 6. The van der Waals surface area contributed by atoms with Gasteiger partial charge < -0.3 is 15.0 Å². The summed E-state index contributed by atoms with van der Waals surface area (Å²) < 4.78 is 5.21. The molecule has 0 amide bonds. The fourth-order valence-electron chi connectivity index (χ4n) is 2.98. The molecule has 0 spiro atoms. The molecule has 0 atom stereocenters. The van der Waals surface area contributed by atoms with E-state index in [4.69, 9.17) is 16.3 Å². The van der Waals surface area contributed by atoms with Crippen LogP contribution >= 0.6 is 11.6 Å². The molecule has 5 nitrogen and oxygen atoms in total. The zero-order chi connectivity index (χ0) is 19.4. The minimum Gasteiger partial charge on any atom is -0.495 e. The molecule has 6 heteroatoms. The van der Waals surface area contributed by atoms with Crippen molar-refractivity contribution in [2.24, 2.45) is 0 Å². The molecule has 0 aliphatic carbocycles. The molecule has 1 N–H and O–H groups in total. The van der Waals surface area contributed by atoms with Crippen molar-refractivity contribution in [1.29, 1.82) is 5.26 Å². The summed E-state index contributed by atoms with van der Waals surface area (Å²) >= 11 is 6.24. The number of hydrogen-bond donors (Lipinski definition) is 1. The molecule has 138 valence electrons. The molecule has 0 radical (unpaired) electrons. The monoisotopic (exact) mass is 380 g/mol. The predicted molar refractivity (Wildman–Crippen MR) is 109 cm³/mol. The van der Waals surface area contributed by atoms with Gasteiger partial charge in [0, 0.05) is 35.9 Å². The van der Waals surface area contributed by atoms with Gasteiger partial charge in [0.1, 0.15) is 5.75 Å². The maximum atomic E-state index is 9.26. The van der Waals surface area contributed by atoms with Crippen molar-refractivity contribution < 1.29 is 4.74 Å². The van der Waals surface area contributed by atoms with Gasteiger partial charge >= 0.3 is 0 Å². The molecule has 3 rings (SSSR count). The highest BCUT2D eigenvalue weighted by Crippen LogP contribution is 2.29. The van der Waals surface area contributed by atoms with Gasteiger partial charge in [0.25, 0.3) is 0 Å². The van der Waals surface area contributed by atoms with Crippen molar-refractivity contribution >= 4 is 28.2 Å². The third kappa shape index (κ3) is 4.30. The van der Waals surface area contributed by atoms with Crippen LogP contribution in [0.15, 0.2) is 42.6 Å². The normalized spacial score (nSPS) is 10.8. The van der Waals surface area contributed by atoms with E-state index in [0.29, 0.717) is 22.9 Å². The summed E-state index contributed by atoms with van der Waals surface area (Å²) in [5, 5.41) is 14.3. The molecule has 1 heterocycles. The summed E-state index contributed by atoms with van der Waals surface area (Å²) in [4.78, 5) is 6.64. The molecule has 0 saturated heterocycles. The van der Waals surface area contributed by atoms with E-state index in [0.717, 1.165) is 34.3 Å². The SMILES string of the molecule is COc1ccc(CNc2c(CN(C)C)cnc3ccc(C#N)cc23)cc1Cl. The van der Waals surface area contributed by atoms with Crippen LogP contribution in [0.2, 0.25) is 5.02 Å². The number of nitriles is 1. The second-order valence-electron chi connectivity index (χ2n) is 6.56. The van der Waals surface area contributed by atoms with E-state index in [-0.39, 0.29) is 0 Å². The van der Waals surface area contributed by atoms with Crippen LogP contribution in [0.5, 0.6) is 5.75 Å². The van der Waals surface area contributed by atoms with Gasteiger partial charge in [-0.05, 0) is 50.0 Å². The highest BCUT2D eigenvalue weighted by Gasteiger charge is 2.11. The average molecular weight is 381 g/mol. The van der Waals surface area contributed by atoms with Crippen LogP contribution in [0, 0.1) is 11.3 Å². The van der Waals surface area contributed by atoms with Crippen LogP contribution in [0.25, 0.3) is 10.9 Å². The lowest BCUT2D eigenvalue weighted by Crippen LogP contribution is -2.13. The number of ether oxygens (including phenoxy) is 1. The molecule has 27 heavy (non-hydrogen) atoms. The maximum Gasteiger partial charge on any atom is 0.137 e. The molecule has 1 aromatic heterocycles. The van der Waals surface area contributed by atoms with Crippen LogP contribution in [-0.4, -0.2) is 31.1 Å². The highest BCUT2D eigenvalue weighted by atomic mass is 35.5. The average Bonchev–Trinajstić information content (AvgIpc) is 2.66. The molecule has 0 aliphatic heterocycles. The van der Waals surface area contributed by atoms with E-state index < -0.39 is 0 Å². The Kier molecular flexibility index (Phi) is 5.80. The third-order valence-electron chi connectivity index (χ3n) is 4.25. The second kappa shape index (κ2) is 8.26. The predicted octanol–water partition coefficient (Wildman–Crippen LogP) is 4.44. The number of nitrogens with one attached hydrogen (secondary N) is 1. The summed E-state index contributed by atoms with van der Waals surface area (Å²) in [6, 6.07) is 13.5. The van der Waals surface area contributed by atoms with Crippen molar-refractivity contribution in [3.05, 3.63) is 64.3 Å². The lowest BCUT2D eigenvalue weighted by atomic mass is 10.1. The van der Waals surface area contributed by atoms with E-state index in [1.807, 2.05) is 50.6 Å². The van der Waals surface area contributed by atoms with Crippen LogP contribution in [0.1, 0.15) is 16.7 Å². The number of nitrogens with zero attached hydrogens (tertiary/aromatic N) is 3. The Bertz CT molecular complexity index is 1010. The third-order valence-corrected chi connectivity index (χ3v) is 4.54. The Morgan fingerprint density at radius 1 is 1.22 bits per heavy atom. The van der Waals surface area contributed by atoms with Crippen LogP contribution in [0.4, 0.5) is 5.69 Å². The Morgan fingerprint density at radius 2 is 2.04 bits per heavy atom. The molecular weight excluding hydrogens is 360 g/mol. The summed E-state index contributed by atoms with van der Waals surface area (Å²) in [7, 11) is 5.63. The largest absolute Gasteiger partial charge is 0.495 e. The lowest BCUT2D eigenvalue weighted by Gasteiger charge is -2.18. The van der Waals surface area contributed by atoms with Crippen LogP contribution in [-0.2, 0) is 13.1 Å². The van der Waals surface area contributed by atoms with E-state index in [1.165, 1.54) is 0 Å². The standard InChI is InChI=1S/C21H21ClN4O/c1-26(2)13-16-12-24-19-6-4-14(10-23)8-17(19)21(16)25-11-15-5-7-20(27-3)18(22)9-15/h4-9,12H,11,13H2,1-3H3,(H,24,25). The Hall–Kier alpha value is -2.81. The van der Waals surface area contributed by atoms with Crippen molar-refractivity contribution in [2.45, 2.75) is 13.1 Å². The first kappa shape index (κ1) is 19.0. The van der Waals surface area contributed by atoms with E-state index in [1.54, 1.807) is 13.2 Å². The Balaban J connectivity index is 1.99. The molecule has 0 saturated carbocycles. The Morgan fingerprint density at radius 3 is 2.70 bits per heavy atom. The molecule has 0 bridgehead atoms.